The van der Waals surface area contributed by atoms with E-state index in [1.54, 1.807) is 16.9 Å². The van der Waals surface area contributed by atoms with Crippen molar-refractivity contribution in [2.24, 2.45) is 5.41 Å². The van der Waals surface area contributed by atoms with Crippen molar-refractivity contribution < 1.29 is 19.1 Å². The standard InChI is InChI=1S/C28H32N4O4/c1-5-35-23-14-24(26-21(16-29)17-30-32(26)18-23)20-6-8-22(9-7-20)31-12-10-28(19-33,11-13-31)15-25(34)36-27(2,3)4/h6-9,14,17-19H,5,10-13,15H2,1-4H3. The van der Waals surface area contributed by atoms with Gasteiger partial charge in [-0.15, -0.1) is 0 Å². The molecule has 0 N–H and O–H groups in total. The molecule has 3 heterocycles. The molecule has 0 amide bonds. The van der Waals surface area contributed by atoms with E-state index < -0.39 is 11.0 Å². The molecule has 0 unspecified atom stereocenters. The van der Waals surface area contributed by atoms with Gasteiger partial charge < -0.3 is 19.2 Å². The highest BCUT2D eigenvalue weighted by Crippen LogP contribution is 2.37. The van der Waals surface area contributed by atoms with Crippen LogP contribution >= 0.6 is 0 Å². The Labute approximate surface area is 211 Å². The number of carbonyl (C=O) groups is 2. The van der Waals surface area contributed by atoms with Gasteiger partial charge in [0.25, 0.3) is 0 Å². The molecule has 1 aliphatic rings. The predicted molar refractivity (Wildman–Crippen MR) is 137 cm³/mol. The van der Waals surface area contributed by atoms with E-state index in [4.69, 9.17) is 9.47 Å². The molecule has 0 bridgehead atoms. The van der Waals surface area contributed by atoms with E-state index in [2.05, 4.69) is 16.1 Å². The lowest BCUT2D eigenvalue weighted by Crippen LogP contribution is -2.43. The number of hydrogen-bond acceptors (Lipinski definition) is 7. The van der Waals surface area contributed by atoms with Crippen molar-refractivity contribution in [1.29, 1.82) is 5.26 Å². The zero-order valence-corrected chi connectivity index (χ0v) is 21.3. The molecule has 8 nitrogen and oxygen atoms in total. The van der Waals surface area contributed by atoms with Crippen LogP contribution in [0.2, 0.25) is 0 Å². The molecule has 1 aromatic carbocycles. The summed E-state index contributed by atoms with van der Waals surface area (Å²) >= 11 is 0. The summed E-state index contributed by atoms with van der Waals surface area (Å²) in [4.78, 5) is 26.6. The number of nitrogens with zero attached hydrogens (tertiary/aromatic N) is 4. The molecular formula is C28H32N4O4. The topological polar surface area (TPSA) is 96.9 Å². The highest BCUT2D eigenvalue weighted by Gasteiger charge is 2.38. The van der Waals surface area contributed by atoms with E-state index >= 15 is 0 Å². The molecule has 1 saturated heterocycles. The SMILES string of the molecule is CCOc1cc(-c2ccc(N3CCC(C=O)(CC(=O)OC(C)(C)C)CC3)cc2)c2c(C#N)cnn2c1. The van der Waals surface area contributed by atoms with Gasteiger partial charge in [0.2, 0.25) is 0 Å². The molecule has 0 spiro atoms. The second-order valence-corrected chi connectivity index (χ2v) is 10.3. The first-order valence-electron chi connectivity index (χ1n) is 12.2. The number of piperidine rings is 1. The Balaban J connectivity index is 1.52. The van der Waals surface area contributed by atoms with Gasteiger partial charge in [-0.25, -0.2) is 4.52 Å². The molecule has 4 rings (SSSR count). The van der Waals surface area contributed by atoms with Crippen LogP contribution in [0.4, 0.5) is 5.69 Å². The Morgan fingerprint density at radius 2 is 1.92 bits per heavy atom. The fourth-order valence-corrected chi connectivity index (χ4v) is 4.71. The van der Waals surface area contributed by atoms with Crippen LogP contribution in [0.1, 0.15) is 52.5 Å². The molecular weight excluding hydrogens is 456 g/mol. The first kappa shape index (κ1) is 25.2. The predicted octanol–water partition coefficient (Wildman–Crippen LogP) is 4.79. The zero-order valence-electron chi connectivity index (χ0n) is 21.3. The summed E-state index contributed by atoms with van der Waals surface area (Å²) in [7, 11) is 0. The van der Waals surface area contributed by atoms with Gasteiger partial charge in [0.15, 0.2) is 0 Å². The number of ether oxygens (including phenoxy) is 2. The molecule has 1 fully saturated rings. The third-order valence-electron chi connectivity index (χ3n) is 6.49. The van der Waals surface area contributed by atoms with Gasteiger partial charge >= 0.3 is 5.97 Å². The fourth-order valence-electron chi connectivity index (χ4n) is 4.71. The second kappa shape index (κ2) is 10.0. The Hall–Kier alpha value is -3.86. The van der Waals surface area contributed by atoms with Crippen molar-refractivity contribution in [1.82, 2.24) is 9.61 Å². The summed E-state index contributed by atoms with van der Waals surface area (Å²) < 4.78 is 12.8. The Morgan fingerprint density at radius 3 is 2.50 bits per heavy atom. The van der Waals surface area contributed by atoms with Crippen LogP contribution in [0.25, 0.3) is 16.6 Å². The number of fused-ring (bicyclic) bond motifs is 1. The third-order valence-corrected chi connectivity index (χ3v) is 6.49. The largest absolute Gasteiger partial charge is 0.492 e. The molecule has 3 aromatic rings. The number of esters is 1. The Morgan fingerprint density at radius 1 is 1.22 bits per heavy atom. The summed E-state index contributed by atoms with van der Waals surface area (Å²) in [5.41, 5.74) is 2.86. The van der Waals surface area contributed by atoms with Gasteiger partial charge in [0.1, 0.15) is 23.7 Å². The van der Waals surface area contributed by atoms with Gasteiger partial charge in [0, 0.05) is 29.8 Å². The second-order valence-electron chi connectivity index (χ2n) is 10.3. The van der Waals surface area contributed by atoms with E-state index in [-0.39, 0.29) is 12.4 Å². The van der Waals surface area contributed by atoms with Crippen LogP contribution < -0.4 is 9.64 Å². The van der Waals surface area contributed by atoms with Crippen molar-refractivity contribution in [3.63, 3.8) is 0 Å². The molecule has 0 aliphatic carbocycles. The first-order chi connectivity index (χ1) is 17.2. The van der Waals surface area contributed by atoms with Crippen molar-refractivity contribution in [2.45, 2.75) is 52.6 Å². The van der Waals surface area contributed by atoms with Crippen molar-refractivity contribution >= 4 is 23.5 Å². The van der Waals surface area contributed by atoms with Crippen LogP contribution in [0.3, 0.4) is 0 Å². The Kier molecular flexibility index (Phi) is 7.02. The lowest BCUT2D eigenvalue weighted by molar-refractivity contribution is -0.159. The minimum Gasteiger partial charge on any atom is -0.492 e. The maximum absolute atomic E-state index is 12.4. The van der Waals surface area contributed by atoms with Gasteiger partial charge in [-0.05, 0) is 64.3 Å². The Bertz CT molecular complexity index is 1290. The molecule has 0 atom stereocenters. The number of rotatable bonds is 7. The fraction of sp³-hybridized carbons (Fsp3) is 0.429. The van der Waals surface area contributed by atoms with Crippen molar-refractivity contribution in [3.05, 3.63) is 48.3 Å². The van der Waals surface area contributed by atoms with Gasteiger partial charge in [-0.1, -0.05) is 12.1 Å². The van der Waals surface area contributed by atoms with Crippen LogP contribution in [0, 0.1) is 16.7 Å². The molecule has 1 aliphatic heterocycles. The molecule has 2 aromatic heterocycles. The molecule has 0 saturated carbocycles. The first-order valence-corrected chi connectivity index (χ1v) is 12.2. The number of benzene rings is 1. The lowest BCUT2D eigenvalue weighted by atomic mass is 9.77. The van der Waals surface area contributed by atoms with E-state index in [0.29, 0.717) is 43.9 Å². The quantitative estimate of drug-likeness (QED) is 0.348. The number of anilines is 1. The minimum atomic E-state index is -0.681. The molecule has 0 radical (unpaired) electrons. The third kappa shape index (κ3) is 5.35. The summed E-state index contributed by atoms with van der Waals surface area (Å²) in [6.45, 7) is 9.29. The smallest absolute Gasteiger partial charge is 0.307 e. The van der Waals surface area contributed by atoms with Crippen LogP contribution in [-0.4, -0.2) is 47.2 Å². The van der Waals surface area contributed by atoms with Gasteiger partial charge in [-0.2, -0.15) is 10.4 Å². The number of hydrogen-bond donors (Lipinski definition) is 0. The van der Waals surface area contributed by atoms with Crippen LogP contribution in [-0.2, 0) is 14.3 Å². The zero-order chi connectivity index (χ0) is 25.9. The minimum absolute atomic E-state index is 0.110. The summed E-state index contributed by atoms with van der Waals surface area (Å²) in [5, 5.41) is 13.9. The summed E-state index contributed by atoms with van der Waals surface area (Å²) in [6, 6.07) is 12.3. The number of aromatic nitrogens is 2. The average molecular weight is 489 g/mol. The maximum atomic E-state index is 12.4. The summed E-state index contributed by atoms with van der Waals surface area (Å²) in [5.74, 6) is 0.354. The number of aldehydes is 1. The van der Waals surface area contributed by atoms with E-state index in [9.17, 15) is 14.9 Å². The van der Waals surface area contributed by atoms with Crippen LogP contribution in [0.15, 0.2) is 42.7 Å². The average Bonchev–Trinajstić information content (AvgIpc) is 3.26. The molecule has 188 valence electrons. The maximum Gasteiger partial charge on any atom is 0.307 e. The normalized spacial score (nSPS) is 15.4. The monoisotopic (exact) mass is 488 g/mol. The highest BCUT2D eigenvalue weighted by atomic mass is 16.6. The van der Waals surface area contributed by atoms with Gasteiger partial charge in [-0.3, -0.25) is 4.79 Å². The van der Waals surface area contributed by atoms with E-state index in [1.165, 1.54) is 0 Å². The number of nitriles is 1. The number of pyridine rings is 1. The van der Waals surface area contributed by atoms with Crippen molar-refractivity contribution in [3.8, 4) is 22.9 Å². The van der Waals surface area contributed by atoms with Crippen LogP contribution in [0.5, 0.6) is 5.75 Å². The number of carbonyl (C=O) groups excluding carboxylic acids is 2. The lowest BCUT2D eigenvalue weighted by Gasteiger charge is -2.39. The van der Waals surface area contributed by atoms with E-state index in [0.717, 1.165) is 28.6 Å². The molecule has 8 heteroatoms. The highest BCUT2D eigenvalue weighted by molar-refractivity contribution is 5.85. The summed E-state index contributed by atoms with van der Waals surface area (Å²) in [6.07, 6.45) is 5.58. The van der Waals surface area contributed by atoms with Crippen molar-refractivity contribution in [2.75, 3.05) is 24.6 Å². The molecule has 36 heavy (non-hydrogen) atoms. The van der Waals surface area contributed by atoms with Gasteiger partial charge in [0.05, 0.1) is 36.5 Å². The van der Waals surface area contributed by atoms with E-state index in [1.807, 2.05) is 58.0 Å².